The third kappa shape index (κ3) is 2.21. The average molecular weight is 224 g/mol. The van der Waals surface area contributed by atoms with Gasteiger partial charge in [0.25, 0.3) is 0 Å². The summed E-state index contributed by atoms with van der Waals surface area (Å²) in [5.41, 5.74) is 0.887. The summed E-state index contributed by atoms with van der Waals surface area (Å²) >= 11 is 0. The van der Waals surface area contributed by atoms with Crippen LogP contribution < -0.4 is 0 Å². The molecule has 0 aliphatic carbocycles. The van der Waals surface area contributed by atoms with Crippen LogP contribution in [0.5, 0.6) is 0 Å². The molecule has 0 N–H and O–H groups in total. The Morgan fingerprint density at radius 2 is 2.50 bits per heavy atom. The second kappa shape index (κ2) is 4.61. The van der Waals surface area contributed by atoms with Gasteiger partial charge in [-0.15, -0.1) is 0 Å². The number of aryl methyl sites for hydroxylation is 1. The normalized spacial score (nSPS) is 21.2. The largest absolute Gasteiger partial charge is 0.468 e. The van der Waals surface area contributed by atoms with Gasteiger partial charge in [0.05, 0.1) is 19.0 Å². The van der Waals surface area contributed by atoms with E-state index in [1.165, 1.54) is 11.9 Å². The second-order valence-corrected chi connectivity index (χ2v) is 3.98. The molecule has 1 atom stereocenters. The number of rotatable bonds is 3. The van der Waals surface area contributed by atoms with E-state index in [0.717, 1.165) is 25.1 Å². The number of likely N-dealkylation sites (tertiary alicyclic amines) is 1. The molecule has 6 nitrogen and oxygen atoms in total. The van der Waals surface area contributed by atoms with Gasteiger partial charge in [0.1, 0.15) is 6.04 Å². The Kier molecular flexibility index (Phi) is 3.19. The highest BCUT2D eigenvalue weighted by atomic mass is 16.5. The molecule has 1 fully saturated rings. The summed E-state index contributed by atoms with van der Waals surface area (Å²) in [6.07, 6.45) is 3.62. The van der Waals surface area contributed by atoms with Crippen molar-refractivity contribution in [3.63, 3.8) is 0 Å². The molecule has 0 radical (unpaired) electrons. The fraction of sp³-hybridized carbons (Fsp3) is 0.700. The Labute approximate surface area is 94.2 Å². The zero-order valence-electron chi connectivity index (χ0n) is 9.59. The van der Waals surface area contributed by atoms with Gasteiger partial charge in [-0.2, -0.15) is 15.0 Å². The lowest BCUT2D eigenvalue weighted by Crippen LogP contribution is -2.36. The maximum absolute atomic E-state index is 11.5. The van der Waals surface area contributed by atoms with Crippen LogP contribution in [0.2, 0.25) is 0 Å². The summed E-state index contributed by atoms with van der Waals surface area (Å²) < 4.78 is 4.79. The number of nitrogens with zero attached hydrogens (tertiary/aromatic N) is 4. The predicted molar refractivity (Wildman–Crippen MR) is 56.5 cm³/mol. The summed E-state index contributed by atoms with van der Waals surface area (Å²) in [7, 11) is 3.21. The molecule has 0 saturated carbocycles. The Hall–Kier alpha value is -1.43. The molecule has 1 aromatic heterocycles. The minimum atomic E-state index is -0.151. The van der Waals surface area contributed by atoms with Crippen molar-refractivity contribution in [1.82, 2.24) is 19.9 Å². The molecule has 0 amide bonds. The Bertz CT molecular complexity index is 377. The number of carbonyl (C=O) groups excluding carboxylic acids is 1. The number of aromatic nitrogens is 3. The number of hydrogen-bond donors (Lipinski definition) is 0. The lowest BCUT2D eigenvalue weighted by Gasteiger charge is -2.20. The van der Waals surface area contributed by atoms with Gasteiger partial charge in [-0.25, -0.2) is 0 Å². The Morgan fingerprint density at radius 1 is 1.69 bits per heavy atom. The van der Waals surface area contributed by atoms with Crippen molar-refractivity contribution in [2.75, 3.05) is 13.7 Å². The predicted octanol–water partition coefficient (Wildman–Crippen LogP) is -0.0475. The highest BCUT2D eigenvalue weighted by Gasteiger charge is 2.31. The van der Waals surface area contributed by atoms with E-state index in [9.17, 15) is 4.79 Å². The molecule has 0 aromatic carbocycles. The van der Waals surface area contributed by atoms with Crippen molar-refractivity contribution in [2.24, 2.45) is 7.05 Å². The first-order valence-electron chi connectivity index (χ1n) is 5.38. The van der Waals surface area contributed by atoms with E-state index in [4.69, 9.17) is 4.74 Å². The lowest BCUT2D eigenvalue weighted by molar-refractivity contribution is -0.146. The molecule has 0 unspecified atom stereocenters. The van der Waals surface area contributed by atoms with Crippen LogP contribution >= 0.6 is 0 Å². The lowest BCUT2D eigenvalue weighted by atomic mass is 10.2. The molecular weight excluding hydrogens is 208 g/mol. The average Bonchev–Trinajstić information content (AvgIpc) is 2.87. The number of carbonyl (C=O) groups is 1. The van der Waals surface area contributed by atoms with Gasteiger partial charge < -0.3 is 4.74 Å². The van der Waals surface area contributed by atoms with E-state index in [1.807, 2.05) is 0 Å². The zero-order valence-corrected chi connectivity index (χ0v) is 9.59. The highest BCUT2D eigenvalue weighted by Crippen LogP contribution is 2.20. The van der Waals surface area contributed by atoms with Gasteiger partial charge in [-0.3, -0.25) is 9.69 Å². The van der Waals surface area contributed by atoms with Gasteiger partial charge in [0.2, 0.25) is 0 Å². The summed E-state index contributed by atoms with van der Waals surface area (Å²) in [5, 5.41) is 8.22. The third-order valence-corrected chi connectivity index (χ3v) is 2.85. The molecule has 88 valence electrons. The van der Waals surface area contributed by atoms with Crippen LogP contribution in [-0.2, 0) is 23.1 Å². The van der Waals surface area contributed by atoms with Gasteiger partial charge in [-0.05, 0) is 19.4 Å². The molecule has 1 aliphatic rings. The smallest absolute Gasteiger partial charge is 0.323 e. The van der Waals surface area contributed by atoms with Crippen LogP contribution in [0.3, 0.4) is 0 Å². The van der Waals surface area contributed by atoms with Crippen LogP contribution in [0.1, 0.15) is 18.5 Å². The molecule has 2 rings (SSSR count). The molecule has 0 bridgehead atoms. The first-order chi connectivity index (χ1) is 7.70. The van der Waals surface area contributed by atoms with Gasteiger partial charge in [-0.1, -0.05) is 0 Å². The Morgan fingerprint density at radius 3 is 3.12 bits per heavy atom. The monoisotopic (exact) mass is 224 g/mol. The van der Waals surface area contributed by atoms with E-state index in [-0.39, 0.29) is 12.0 Å². The van der Waals surface area contributed by atoms with Crippen molar-refractivity contribution in [2.45, 2.75) is 25.4 Å². The number of esters is 1. The molecule has 1 aromatic rings. The quantitative estimate of drug-likeness (QED) is 0.674. The van der Waals surface area contributed by atoms with Crippen molar-refractivity contribution < 1.29 is 9.53 Å². The van der Waals surface area contributed by atoms with E-state index < -0.39 is 0 Å². The molecule has 16 heavy (non-hydrogen) atoms. The Balaban J connectivity index is 2.01. The maximum Gasteiger partial charge on any atom is 0.323 e. The topological polar surface area (TPSA) is 60.2 Å². The third-order valence-electron chi connectivity index (χ3n) is 2.85. The molecular formula is C10H16N4O2. The first-order valence-corrected chi connectivity index (χ1v) is 5.38. The van der Waals surface area contributed by atoms with Gasteiger partial charge >= 0.3 is 5.97 Å². The first kappa shape index (κ1) is 11.1. The van der Waals surface area contributed by atoms with Crippen molar-refractivity contribution >= 4 is 5.97 Å². The highest BCUT2D eigenvalue weighted by molar-refractivity contribution is 5.75. The summed E-state index contributed by atoms with van der Waals surface area (Å²) in [6.45, 7) is 1.57. The summed E-state index contributed by atoms with van der Waals surface area (Å²) in [5.74, 6) is -0.151. The van der Waals surface area contributed by atoms with E-state index in [2.05, 4.69) is 15.1 Å². The van der Waals surface area contributed by atoms with Gasteiger partial charge in [0.15, 0.2) is 0 Å². The van der Waals surface area contributed by atoms with Crippen LogP contribution in [0.4, 0.5) is 0 Å². The van der Waals surface area contributed by atoms with Crippen molar-refractivity contribution in [1.29, 1.82) is 0 Å². The maximum atomic E-state index is 11.5. The minimum Gasteiger partial charge on any atom is -0.468 e. The number of hydrogen-bond acceptors (Lipinski definition) is 5. The standard InChI is InChI=1S/C10H16N4O2/c1-13-11-6-8(12-13)7-14-5-3-4-9(14)10(15)16-2/h6,9H,3-5,7H2,1-2H3/t9-/m0/s1. The number of ether oxygens (including phenoxy) is 1. The molecule has 6 heteroatoms. The summed E-state index contributed by atoms with van der Waals surface area (Å²) in [6, 6.07) is -0.119. The summed E-state index contributed by atoms with van der Waals surface area (Å²) in [4.78, 5) is 15.1. The van der Waals surface area contributed by atoms with Crippen molar-refractivity contribution in [3.05, 3.63) is 11.9 Å². The van der Waals surface area contributed by atoms with E-state index in [0.29, 0.717) is 6.54 Å². The van der Waals surface area contributed by atoms with Crippen LogP contribution in [-0.4, -0.2) is 45.6 Å². The molecule has 0 spiro atoms. The van der Waals surface area contributed by atoms with Crippen LogP contribution in [0.25, 0.3) is 0 Å². The van der Waals surface area contributed by atoms with Crippen LogP contribution in [0, 0.1) is 0 Å². The fourth-order valence-electron chi connectivity index (χ4n) is 2.09. The van der Waals surface area contributed by atoms with Gasteiger partial charge in [0, 0.05) is 13.6 Å². The number of methoxy groups -OCH3 is 1. The minimum absolute atomic E-state index is 0.119. The molecule has 2 heterocycles. The molecule has 1 aliphatic heterocycles. The second-order valence-electron chi connectivity index (χ2n) is 3.98. The zero-order chi connectivity index (χ0) is 11.5. The fourth-order valence-corrected chi connectivity index (χ4v) is 2.09. The molecule has 1 saturated heterocycles. The van der Waals surface area contributed by atoms with Crippen LogP contribution in [0.15, 0.2) is 6.20 Å². The van der Waals surface area contributed by atoms with E-state index in [1.54, 1.807) is 13.2 Å². The van der Waals surface area contributed by atoms with Crippen molar-refractivity contribution in [3.8, 4) is 0 Å². The van der Waals surface area contributed by atoms with E-state index >= 15 is 0 Å². The SMILES string of the molecule is COC(=O)[C@@H]1CCCN1Cc1cnn(C)n1.